The van der Waals surface area contributed by atoms with E-state index in [1.165, 1.54) is 0 Å². The molecule has 2 amide bonds. The Labute approximate surface area is 74.1 Å². The summed E-state index contributed by atoms with van der Waals surface area (Å²) in [5.41, 5.74) is 0. The quantitative estimate of drug-likeness (QED) is 0.632. The minimum atomic E-state index is 0.0295. The van der Waals surface area contributed by atoms with Gasteiger partial charge in [-0.25, -0.2) is 4.79 Å². The van der Waals surface area contributed by atoms with Crippen LogP contribution >= 0.6 is 0 Å². The first-order chi connectivity index (χ1) is 5.70. The molecule has 0 aromatic heterocycles. The van der Waals surface area contributed by atoms with Crippen molar-refractivity contribution >= 4 is 6.03 Å². The van der Waals surface area contributed by atoms with Gasteiger partial charge in [0.25, 0.3) is 0 Å². The molecule has 1 aliphatic rings. The van der Waals surface area contributed by atoms with Crippen molar-refractivity contribution in [3.05, 3.63) is 6.42 Å². The van der Waals surface area contributed by atoms with Gasteiger partial charge in [0.2, 0.25) is 0 Å². The van der Waals surface area contributed by atoms with Crippen molar-refractivity contribution in [1.82, 2.24) is 10.2 Å². The van der Waals surface area contributed by atoms with E-state index in [0.717, 1.165) is 25.7 Å². The van der Waals surface area contributed by atoms with E-state index in [2.05, 4.69) is 11.7 Å². The summed E-state index contributed by atoms with van der Waals surface area (Å²) in [7, 11) is 3.54. The largest absolute Gasteiger partial charge is 0.335 e. The average Bonchev–Trinajstić information content (AvgIpc) is 2.06. The molecule has 3 heteroatoms. The van der Waals surface area contributed by atoms with Gasteiger partial charge in [-0.15, -0.1) is 0 Å². The minimum Gasteiger partial charge on any atom is -0.335 e. The summed E-state index contributed by atoms with van der Waals surface area (Å²) < 4.78 is 0. The lowest BCUT2D eigenvalue weighted by Crippen LogP contribution is -2.42. The summed E-state index contributed by atoms with van der Waals surface area (Å²) in [6.07, 6.45) is 6.76. The van der Waals surface area contributed by atoms with Crippen LogP contribution in [0.15, 0.2) is 0 Å². The SMILES string of the molecule is CN(C)C(=O)NC1CC[CH]CC1. The van der Waals surface area contributed by atoms with Crippen molar-refractivity contribution in [3.8, 4) is 0 Å². The van der Waals surface area contributed by atoms with Crippen LogP contribution in [0.3, 0.4) is 0 Å². The molecule has 1 rings (SSSR count). The summed E-state index contributed by atoms with van der Waals surface area (Å²) >= 11 is 0. The summed E-state index contributed by atoms with van der Waals surface area (Å²) in [6.45, 7) is 0. The number of nitrogens with one attached hydrogen (secondary N) is 1. The highest BCUT2D eigenvalue weighted by Crippen LogP contribution is 2.16. The van der Waals surface area contributed by atoms with Crippen molar-refractivity contribution in [1.29, 1.82) is 0 Å². The lowest BCUT2D eigenvalue weighted by Gasteiger charge is -2.24. The Balaban J connectivity index is 2.24. The Hall–Kier alpha value is -0.730. The summed E-state index contributed by atoms with van der Waals surface area (Å²) in [5, 5.41) is 2.99. The molecule has 0 unspecified atom stereocenters. The molecule has 1 aliphatic carbocycles. The first-order valence-corrected chi connectivity index (χ1v) is 4.49. The molecule has 0 spiro atoms. The zero-order valence-electron chi connectivity index (χ0n) is 7.84. The third kappa shape index (κ3) is 2.72. The normalized spacial score (nSPS) is 18.8. The van der Waals surface area contributed by atoms with Crippen molar-refractivity contribution < 1.29 is 4.79 Å². The van der Waals surface area contributed by atoms with E-state index >= 15 is 0 Å². The molecule has 1 saturated carbocycles. The fourth-order valence-corrected chi connectivity index (χ4v) is 1.37. The van der Waals surface area contributed by atoms with Crippen LogP contribution in [0.25, 0.3) is 0 Å². The zero-order valence-corrected chi connectivity index (χ0v) is 7.84. The molecule has 1 N–H and O–H groups in total. The number of urea groups is 1. The smallest absolute Gasteiger partial charge is 0.317 e. The Morgan fingerprint density at radius 3 is 2.50 bits per heavy atom. The molecule has 3 nitrogen and oxygen atoms in total. The van der Waals surface area contributed by atoms with Crippen LogP contribution < -0.4 is 5.32 Å². The highest BCUT2D eigenvalue weighted by Gasteiger charge is 2.15. The second-order valence-corrected chi connectivity index (χ2v) is 3.48. The highest BCUT2D eigenvalue weighted by molar-refractivity contribution is 5.73. The Morgan fingerprint density at radius 2 is 2.00 bits per heavy atom. The third-order valence-electron chi connectivity index (χ3n) is 2.17. The molecule has 0 saturated heterocycles. The van der Waals surface area contributed by atoms with Crippen molar-refractivity contribution in [2.75, 3.05) is 14.1 Å². The maximum absolute atomic E-state index is 11.2. The number of hydrogen-bond acceptors (Lipinski definition) is 1. The van der Waals surface area contributed by atoms with Crippen LogP contribution in [0.5, 0.6) is 0 Å². The predicted molar refractivity (Wildman–Crippen MR) is 48.8 cm³/mol. The first kappa shape index (κ1) is 9.36. The average molecular weight is 169 g/mol. The number of carbonyl (C=O) groups excluding carboxylic acids is 1. The van der Waals surface area contributed by atoms with E-state index in [9.17, 15) is 4.79 Å². The van der Waals surface area contributed by atoms with Crippen LogP contribution in [-0.2, 0) is 0 Å². The van der Waals surface area contributed by atoms with Crippen LogP contribution in [0.2, 0.25) is 0 Å². The Morgan fingerprint density at radius 1 is 1.42 bits per heavy atom. The van der Waals surface area contributed by atoms with Gasteiger partial charge in [-0.2, -0.15) is 0 Å². The molecular formula is C9H17N2O. The predicted octanol–water partition coefficient (Wildman–Crippen LogP) is 1.40. The van der Waals surface area contributed by atoms with E-state index in [-0.39, 0.29) is 6.03 Å². The molecule has 0 aliphatic heterocycles. The second kappa shape index (κ2) is 4.33. The molecule has 1 radical (unpaired) electrons. The maximum atomic E-state index is 11.2. The van der Waals surface area contributed by atoms with E-state index in [4.69, 9.17) is 0 Å². The summed E-state index contributed by atoms with van der Waals surface area (Å²) in [5.74, 6) is 0. The molecule has 0 aromatic rings. The summed E-state index contributed by atoms with van der Waals surface area (Å²) in [4.78, 5) is 12.8. The van der Waals surface area contributed by atoms with Gasteiger partial charge in [0.15, 0.2) is 0 Å². The zero-order chi connectivity index (χ0) is 8.97. The second-order valence-electron chi connectivity index (χ2n) is 3.48. The van der Waals surface area contributed by atoms with Crippen LogP contribution in [0.1, 0.15) is 25.7 Å². The number of amides is 2. The van der Waals surface area contributed by atoms with Gasteiger partial charge in [-0.05, 0) is 32.1 Å². The van der Waals surface area contributed by atoms with Crippen molar-refractivity contribution in [2.24, 2.45) is 0 Å². The molecule has 1 fully saturated rings. The van der Waals surface area contributed by atoms with E-state index in [1.807, 2.05) is 0 Å². The van der Waals surface area contributed by atoms with Crippen LogP contribution in [0, 0.1) is 6.42 Å². The maximum Gasteiger partial charge on any atom is 0.317 e. The van der Waals surface area contributed by atoms with E-state index in [0.29, 0.717) is 6.04 Å². The van der Waals surface area contributed by atoms with E-state index in [1.54, 1.807) is 19.0 Å². The molecule has 0 heterocycles. The minimum absolute atomic E-state index is 0.0295. The Kier molecular flexibility index (Phi) is 3.38. The highest BCUT2D eigenvalue weighted by atomic mass is 16.2. The fraction of sp³-hybridized carbons (Fsp3) is 0.778. The van der Waals surface area contributed by atoms with Gasteiger partial charge < -0.3 is 10.2 Å². The molecule has 0 aromatic carbocycles. The van der Waals surface area contributed by atoms with Gasteiger partial charge in [-0.3, -0.25) is 0 Å². The number of carbonyl (C=O) groups is 1. The number of hydrogen-bond donors (Lipinski definition) is 1. The van der Waals surface area contributed by atoms with Crippen molar-refractivity contribution in [2.45, 2.75) is 31.7 Å². The van der Waals surface area contributed by atoms with E-state index < -0.39 is 0 Å². The lowest BCUT2D eigenvalue weighted by molar-refractivity contribution is 0.210. The van der Waals surface area contributed by atoms with Crippen LogP contribution in [0.4, 0.5) is 4.79 Å². The monoisotopic (exact) mass is 169 g/mol. The van der Waals surface area contributed by atoms with Gasteiger partial charge in [0, 0.05) is 20.1 Å². The van der Waals surface area contributed by atoms with Gasteiger partial charge >= 0.3 is 6.03 Å². The van der Waals surface area contributed by atoms with Gasteiger partial charge in [0.1, 0.15) is 0 Å². The number of rotatable bonds is 1. The van der Waals surface area contributed by atoms with Crippen molar-refractivity contribution in [3.63, 3.8) is 0 Å². The number of nitrogens with zero attached hydrogens (tertiary/aromatic N) is 1. The lowest BCUT2D eigenvalue weighted by atomic mass is 9.96. The summed E-state index contributed by atoms with van der Waals surface area (Å²) in [6, 6.07) is 0.423. The molecule has 69 valence electrons. The Bertz CT molecular complexity index is 151. The molecule has 0 bridgehead atoms. The molecule has 0 atom stereocenters. The fourth-order valence-electron chi connectivity index (χ4n) is 1.37. The van der Waals surface area contributed by atoms with Crippen LogP contribution in [-0.4, -0.2) is 31.1 Å². The molecular weight excluding hydrogens is 152 g/mol. The first-order valence-electron chi connectivity index (χ1n) is 4.49. The topological polar surface area (TPSA) is 32.3 Å². The standard InChI is InChI=1S/C9H17N2O/c1-11(2)9(12)10-8-6-4-3-5-7-8/h3,8H,4-7H2,1-2H3,(H,10,12). The van der Waals surface area contributed by atoms with Gasteiger partial charge in [-0.1, -0.05) is 0 Å². The third-order valence-corrected chi connectivity index (χ3v) is 2.17. The molecule has 12 heavy (non-hydrogen) atoms. The van der Waals surface area contributed by atoms with Gasteiger partial charge in [0.05, 0.1) is 0 Å².